The maximum absolute atomic E-state index is 12.4. The first kappa shape index (κ1) is 22.1. The molecule has 0 bridgehead atoms. The summed E-state index contributed by atoms with van der Waals surface area (Å²) < 4.78 is 33.1. The van der Waals surface area contributed by atoms with E-state index in [-0.39, 0.29) is 23.8 Å². The van der Waals surface area contributed by atoms with Crippen molar-refractivity contribution in [3.63, 3.8) is 0 Å². The van der Waals surface area contributed by atoms with Gasteiger partial charge in [0.1, 0.15) is 5.75 Å². The van der Waals surface area contributed by atoms with Gasteiger partial charge in [-0.3, -0.25) is 9.59 Å². The van der Waals surface area contributed by atoms with E-state index in [1.54, 1.807) is 20.2 Å². The Labute approximate surface area is 172 Å². The number of amides is 1. The van der Waals surface area contributed by atoms with Crippen molar-refractivity contribution in [2.75, 3.05) is 20.7 Å². The third-order valence-corrected chi connectivity index (χ3v) is 5.97. The number of hydrogen-bond donors (Lipinski definition) is 1. The van der Waals surface area contributed by atoms with Crippen LogP contribution in [0.25, 0.3) is 0 Å². The molecule has 0 aliphatic carbocycles. The van der Waals surface area contributed by atoms with Crippen LogP contribution in [0.1, 0.15) is 22.8 Å². The van der Waals surface area contributed by atoms with E-state index in [1.807, 2.05) is 12.1 Å². The molecule has 0 spiro atoms. The van der Waals surface area contributed by atoms with Crippen LogP contribution in [0.3, 0.4) is 0 Å². The molecule has 0 aliphatic heterocycles. The first-order valence-electron chi connectivity index (χ1n) is 8.31. The van der Waals surface area contributed by atoms with E-state index in [0.29, 0.717) is 11.3 Å². The number of methoxy groups -OCH3 is 1. The predicted molar refractivity (Wildman–Crippen MR) is 109 cm³/mol. The standard InChI is InChI=1S/C19H21BrN2O5S/c1-13(23)14-4-7-17(8-5-14)28(25,26)21-11-19(24)22(2)12-15-10-16(20)6-9-18(15)27-3/h4-10,21H,11-12H2,1-3H3. The first-order valence-corrected chi connectivity index (χ1v) is 10.6. The Morgan fingerprint density at radius 1 is 1.14 bits per heavy atom. The lowest BCUT2D eigenvalue weighted by atomic mass is 10.2. The minimum atomic E-state index is -3.86. The van der Waals surface area contributed by atoms with E-state index < -0.39 is 15.9 Å². The van der Waals surface area contributed by atoms with Gasteiger partial charge in [-0.25, -0.2) is 13.1 Å². The molecule has 9 heteroatoms. The van der Waals surface area contributed by atoms with Crippen LogP contribution in [0.15, 0.2) is 51.8 Å². The Morgan fingerprint density at radius 2 is 1.79 bits per heavy atom. The van der Waals surface area contributed by atoms with Crippen molar-refractivity contribution in [2.24, 2.45) is 0 Å². The molecule has 0 aliphatic rings. The van der Waals surface area contributed by atoms with E-state index in [1.165, 1.54) is 36.1 Å². The number of rotatable bonds is 8. The van der Waals surface area contributed by atoms with Gasteiger partial charge >= 0.3 is 0 Å². The molecule has 2 aromatic carbocycles. The van der Waals surface area contributed by atoms with Crippen LogP contribution in [0, 0.1) is 0 Å². The van der Waals surface area contributed by atoms with Crippen LogP contribution in [0.5, 0.6) is 5.75 Å². The highest BCUT2D eigenvalue weighted by molar-refractivity contribution is 9.10. The fourth-order valence-corrected chi connectivity index (χ4v) is 3.84. The number of hydrogen-bond acceptors (Lipinski definition) is 5. The third-order valence-electron chi connectivity index (χ3n) is 4.06. The molecule has 0 unspecified atom stereocenters. The Balaban J connectivity index is 2.02. The summed E-state index contributed by atoms with van der Waals surface area (Å²) in [7, 11) is -0.741. The van der Waals surface area contributed by atoms with Crippen molar-refractivity contribution in [3.05, 3.63) is 58.1 Å². The maximum Gasteiger partial charge on any atom is 0.241 e. The maximum atomic E-state index is 12.4. The number of ketones is 1. The zero-order valence-electron chi connectivity index (χ0n) is 15.7. The lowest BCUT2D eigenvalue weighted by Crippen LogP contribution is -2.37. The summed E-state index contributed by atoms with van der Waals surface area (Å²) >= 11 is 3.38. The van der Waals surface area contributed by atoms with Crippen LogP contribution in [-0.4, -0.2) is 45.7 Å². The second-order valence-corrected chi connectivity index (χ2v) is 8.79. The van der Waals surface area contributed by atoms with Crippen molar-refractivity contribution < 1.29 is 22.7 Å². The Hall–Kier alpha value is -2.23. The number of nitrogens with zero attached hydrogens (tertiary/aromatic N) is 1. The molecule has 0 aromatic heterocycles. The van der Waals surface area contributed by atoms with Gasteiger partial charge in [-0.2, -0.15) is 0 Å². The van der Waals surface area contributed by atoms with Gasteiger partial charge in [0.2, 0.25) is 15.9 Å². The van der Waals surface area contributed by atoms with E-state index >= 15 is 0 Å². The lowest BCUT2D eigenvalue weighted by molar-refractivity contribution is -0.129. The molecular formula is C19H21BrN2O5S. The predicted octanol–water partition coefficient (Wildman–Crippen LogP) is 2.60. The average molecular weight is 469 g/mol. The van der Waals surface area contributed by atoms with Crippen molar-refractivity contribution in [1.82, 2.24) is 9.62 Å². The Bertz CT molecular complexity index is 974. The van der Waals surface area contributed by atoms with Gasteiger partial charge in [-0.05, 0) is 37.3 Å². The Morgan fingerprint density at radius 3 is 2.36 bits per heavy atom. The minimum absolute atomic E-state index is 0.0124. The molecule has 0 heterocycles. The highest BCUT2D eigenvalue weighted by Crippen LogP contribution is 2.24. The molecule has 0 fully saturated rings. The summed E-state index contributed by atoms with van der Waals surface area (Å²) in [5.41, 5.74) is 1.20. The summed E-state index contributed by atoms with van der Waals surface area (Å²) in [6.45, 7) is 1.27. The van der Waals surface area contributed by atoms with Gasteiger partial charge in [0.15, 0.2) is 5.78 Å². The normalized spacial score (nSPS) is 11.1. The van der Waals surface area contributed by atoms with Gasteiger partial charge in [-0.15, -0.1) is 0 Å². The number of nitrogens with one attached hydrogen (secondary N) is 1. The first-order chi connectivity index (χ1) is 13.1. The monoisotopic (exact) mass is 468 g/mol. The van der Waals surface area contributed by atoms with Crippen LogP contribution in [-0.2, 0) is 21.4 Å². The smallest absolute Gasteiger partial charge is 0.241 e. The van der Waals surface area contributed by atoms with E-state index in [0.717, 1.165) is 10.0 Å². The Kier molecular flexibility index (Phi) is 7.34. The summed E-state index contributed by atoms with van der Waals surface area (Å²) in [5, 5.41) is 0. The third kappa shape index (κ3) is 5.63. The number of carbonyl (C=O) groups excluding carboxylic acids is 2. The molecule has 2 aromatic rings. The number of likely N-dealkylation sites (N-methyl/N-ethyl adjacent to an activating group) is 1. The van der Waals surface area contributed by atoms with Crippen molar-refractivity contribution in [3.8, 4) is 5.75 Å². The second kappa shape index (κ2) is 9.31. The molecule has 2 rings (SSSR count). The van der Waals surface area contributed by atoms with Crippen LogP contribution in [0.4, 0.5) is 0 Å². The highest BCUT2D eigenvalue weighted by Gasteiger charge is 2.18. The van der Waals surface area contributed by atoms with Gasteiger partial charge < -0.3 is 9.64 Å². The summed E-state index contributed by atoms with van der Waals surface area (Å²) in [6.07, 6.45) is 0. The summed E-state index contributed by atoms with van der Waals surface area (Å²) in [6, 6.07) is 11.0. The number of Topliss-reactive ketones (excluding diaryl/α,β-unsaturated/α-hetero) is 1. The zero-order valence-corrected chi connectivity index (χ0v) is 18.1. The molecule has 0 saturated carbocycles. The van der Waals surface area contributed by atoms with E-state index in [9.17, 15) is 18.0 Å². The fourth-order valence-electron chi connectivity index (χ4n) is 2.46. The topological polar surface area (TPSA) is 92.8 Å². The van der Waals surface area contributed by atoms with Crippen LogP contribution in [0.2, 0.25) is 0 Å². The van der Waals surface area contributed by atoms with Gasteiger partial charge in [0.05, 0.1) is 18.6 Å². The van der Waals surface area contributed by atoms with Gasteiger partial charge in [-0.1, -0.05) is 28.1 Å². The average Bonchev–Trinajstić information content (AvgIpc) is 2.66. The van der Waals surface area contributed by atoms with Crippen molar-refractivity contribution in [1.29, 1.82) is 0 Å². The highest BCUT2D eigenvalue weighted by atomic mass is 79.9. The molecule has 1 amide bonds. The van der Waals surface area contributed by atoms with Crippen LogP contribution < -0.4 is 9.46 Å². The molecule has 0 saturated heterocycles. The lowest BCUT2D eigenvalue weighted by Gasteiger charge is -2.19. The number of sulfonamides is 1. The molecule has 28 heavy (non-hydrogen) atoms. The second-order valence-electron chi connectivity index (χ2n) is 6.11. The summed E-state index contributed by atoms with van der Waals surface area (Å²) in [4.78, 5) is 25.0. The number of benzene rings is 2. The number of ether oxygens (including phenoxy) is 1. The van der Waals surface area contributed by atoms with Gasteiger partial charge in [0.25, 0.3) is 0 Å². The summed E-state index contributed by atoms with van der Waals surface area (Å²) in [5.74, 6) is 0.0802. The van der Waals surface area contributed by atoms with Gasteiger partial charge in [0, 0.05) is 29.2 Å². The number of halogens is 1. The minimum Gasteiger partial charge on any atom is -0.496 e. The largest absolute Gasteiger partial charge is 0.496 e. The van der Waals surface area contributed by atoms with E-state index in [2.05, 4.69) is 20.7 Å². The quantitative estimate of drug-likeness (QED) is 0.600. The van der Waals surface area contributed by atoms with Crippen molar-refractivity contribution in [2.45, 2.75) is 18.4 Å². The van der Waals surface area contributed by atoms with Crippen LogP contribution >= 0.6 is 15.9 Å². The SMILES string of the molecule is COc1ccc(Br)cc1CN(C)C(=O)CNS(=O)(=O)c1ccc(C(C)=O)cc1. The fraction of sp³-hybridized carbons (Fsp3) is 0.263. The molecular weight excluding hydrogens is 448 g/mol. The van der Waals surface area contributed by atoms with E-state index in [4.69, 9.17) is 4.74 Å². The molecule has 1 N–H and O–H groups in total. The number of carbonyl (C=O) groups is 2. The van der Waals surface area contributed by atoms with Crippen molar-refractivity contribution >= 4 is 37.6 Å². The molecule has 150 valence electrons. The molecule has 7 nitrogen and oxygen atoms in total. The molecule has 0 radical (unpaired) electrons. The zero-order chi connectivity index (χ0) is 20.9. The molecule has 0 atom stereocenters.